The molecule has 1 rings (SSSR count). The second kappa shape index (κ2) is 4.51. The summed E-state index contributed by atoms with van der Waals surface area (Å²) < 4.78 is 36.2. The number of nitrogens with zero attached hydrogens (tertiary/aromatic N) is 1. The van der Waals surface area contributed by atoms with Crippen LogP contribution in [0.15, 0.2) is 29.2 Å². The van der Waals surface area contributed by atoms with E-state index in [1.54, 1.807) is 0 Å². The van der Waals surface area contributed by atoms with E-state index in [9.17, 15) is 22.8 Å². The Morgan fingerprint density at radius 2 is 1.76 bits per heavy atom. The van der Waals surface area contributed by atoms with Gasteiger partial charge < -0.3 is 9.79 Å². The molecule has 9 nitrogen and oxygen atoms in total. The van der Waals surface area contributed by atoms with Gasteiger partial charge in [-0.25, -0.2) is 5.21 Å². The lowest BCUT2D eigenvalue weighted by atomic mass is 10.3. The zero-order valence-electron chi connectivity index (χ0n) is 7.96. The predicted octanol–water partition coefficient (Wildman–Crippen LogP) is -0.348. The molecule has 0 fully saturated rings. The van der Waals surface area contributed by atoms with E-state index in [1.807, 2.05) is 0 Å². The van der Waals surface area contributed by atoms with Crippen molar-refractivity contribution in [2.45, 2.75) is 4.90 Å². The van der Waals surface area contributed by atoms with Crippen molar-refractivity contribution in [3.63, 3.8) is 0 Å². The summed E-state index contributed by atoms with van der Waals surface area (Å²) in [6.45, 7) is 0. The number of benzene rings is 1. The van der Waals surface area contributed by atoms with E-state index in [4.69, 9.17) is 10.1 Å². The molecule has 0 spiro atoms. The zero-order valence-corrected chi connectivity index (χ0v) is 9.67. The van der Waals surface area contributed by atoms with Crippen LogP contribution in [0.5, 0.6) is 0 Å². The quantitative estimate of drug-likeness (QED) is 0.563. The summed E-state index contributed by atoms with van der Waals surface area (Å²) in [5.74, 6) is 0. The molecule has 0 heterocycles. The van der Waals surface area contributed by atoms with Gasteiger partial charge in [-0.2, -0.15) is 12.4 Å². The molecule has 17 heavy (non-hydrogen) atoms. The molecular weight excluding hydrogens is 277 g/mol. The lowest BCUT2D eigenvalue weighted by molar-refractivity contribution is -0.729. The Morgan fingerprint density at radius 3 is 2.12 bits per heavy atom. The summed E-state index contributed by atoms with van der Waals surface area (Å²) in [5, 5.41) is 8.47. The Kier molecular flexibility index (Phi) is 3.65. The van der Waals surface area contributed by atoms with Crippen LogP contribution in [0.2, 0.25) is 0 Å². The number of hydrogen-bond donors (Lipinski definition) is 2. The van der Waals surface area contributed by atoms with Crippen molar-refractivity contribution in [2.75, 3.05) is 0 Å². The van der Waals surface area contributed by atoms with E-state index in [-0.39, 0.29) is 5.69 Å². The summed E-state index contributed by atoms with van der Waals surface area (Å²) in [7, 11) is -10.1. The van der Waals surface area contributed by atoms with Gasteiger partial charge in [0.05, 0.1) is 9.80 Å². The molecule has 0 aliphatic rings. The van der Waals surface area contributed by atoms with Crippen LogP contribution in [-0.4, -0.2) is 23.4 Å². The molecule has 11 heteroatoms. The average Bonchev–Trinajstić information content (AvgIpc) is 2.14. The minimum Gasteiger partial charge on any atom is -0.756 e. The summed E-state index contributed by atoms with van der Waals surface area (Å²) in [6.07, 6.45) is 0. The van der Waals surface area contributed by atoms with Gasteiger partial charge in [-0.1, -0.05) is 0 Å². The summed E-state index contributed by atoms with van der Waals surface area (Å²) in [4.78, 5) is 27.8. The first-order valence-corrected chi connectivity index (χ1v) is 6.78. The lowest BCUT2D eigenvalue weighted by Crippen LogP contribution is -2.11. The van der Waals surface area contributed by atoms with Gasteiger partial charge in [0.25, 0.3) is 12.7 Å². The van der Waals surface area contributed by atoms with Crippen molar-refractivity contribution in [3.8, 4) is 0 Å². The Hall–Kier alpha value is -1.32. The van der Waals surface area contributed by atoms with Crippen molar-refractivity contribution in [1.29, 1.82) is 0 Å². The Balaban J connectivity index is 3.09. The molecule has 0 aliphatic heterocycles. The van der Waals surface area contributed by atoms with Gasteiger partial charge in [0.1, 0.15) is 0 Å². The lowest BCUT2D eigenvalue weighted by Gasteiger charge is -2.14. The SMILES string of the molecule is O=[N+](O)c1ccc(S(=O)(=O)OP(=O)([O-])O)cc1. The monoisotopic (exact) mass is 283 g/mol. The fourth-order valence-electron chi connectivity index (χ4n) is 0.907. The Bertz CT molecular complexity index is 573. The third-order valence-corrected chi connectivity index (χ3v) is 3.93. The van der Waals surface area contributed by atoms with Gasteiger partial charge in [-0.3, -0.25) is 4.57 Å². The third kappa shape index (κ3) is 3.88. The van der Waals surface area contributed by atoms with Crippen LogP contribution in [0.1, 0.15) is 0 Å². The van der Waals surface area contributed by atoms with Gasteiger partial charge >= 0.3 is 15.8 Å². The van der Waals surface area contributed by atoms with Crippen LogP contribution in [0.25, 0.3) is 0 Å². The summed E-state index contributed by atoms with van der Waals surface area (Å²) >= 11 is 0. The predicted molar refractivity (Wildman–Crippen MR) is 49.6 cm³/mol. The molecule has 0 amide bonds. The molecule has 1 atom stereocenters. The first kappa shape index (κ1) is 13.7. The van der Waals surface area contributed by atoms with E-state index in [0.717, 1.165) is 24.3 Å². The van der Waals surface area contributed by atoms with E-state index in [2.05, 4.69) is 3.97 Å². The summed E-state index contributed by atoms with van der Waals surface area (Å²) in [5.41, 5.74) is -0.266. The Labute approximate surface area is 95.2 Å². The zero-order chi connectivity index (χ0) is 13.3. The molecule has 0 saturated heterocycles. The van der Waals surface area contributed by atoms with Gasteiger partial charge in [-0.05, 0) is 12.1 Å². The van der Waals surface area contributed by atoms with Crippen LogP contribution >= 0.6 is 7.82 Å². The van der Waals surface area contributed by atoms with Crippen molar-refractivity contribution in [3.05, 3.63) is 29.2 Å². The van der Waals surface area contributed by atoms with Crippen molar-refractivity contribution in [2.24, 2.45) is 0 Å². The van der Waals surface area contributed by atoms with E-state index in [1.165, 1.54) is 0 Å². The minimum atomic E-state index is -5.44. The van der Waals surface area contributed by atoms with E-state index in [0.29, 0.717) is 0 Å². The largest absolute Gasteiger partial charge is 0.756 e. The van der Waals surface area contributed by atoms with Gasteiger partial charge in [0.15, 0.2) is 0 Å². The fraction of sp³-hybridized carbons (Fsp3) is 0. The molecule has 0 radical (unpaired) electrons. The first-order valence-electron chi connectivity index (χ1n) is 3.88. The van der Waals surface area contributed by atoms with Crippen LogP contribution in [0.3, 0.4) is 0 Å². The van der Waals surface area contributed by atoms with E-state index >= 15 is 0 Å². The molecule has 94 valence electrons. The Morgan fingerprint density at radius 1 is 1.29 bits per heavy atom. The fourth-order valence-corrected chi connectivity index (χ4v) is 2.71. The molecule has 0 aromatic heterocycles. The number of rotatable bonds is 4. The molecule has 1 unspecified atom stereocenters. The maximum absolute atomic E-state index is 11.2. The van der Waals surface area contributed by atoms with E-state index < -0.39 is 27.8 Å². The van der Waals surface area contributed by atoms with Crippen LogP contribution in [0.4, 0.5) is 5.69 Å². The van der Waals surface area contributed by atoms with Crippen molar-refractivity contribution >= 4 is 23.6 Å². The van der Waals surface area contributed by atoms with Crippen LogP contribution in [0, 0.1) is 4.91 Å². The second-order valence-corrected chi connectivity index (χ2v) is 5.68. The van der Waals surface area contributed by atoms with Gasteiger partial charge in [-0.15, -0.1) is 0 Å². The molecular formula is C6H6NO8PS. The topological polar surface area (TPSA) is 144 Å². The highest BCUT2D eigenvalue weighted by molar-refractivity contribution is 7.90. The van der Waals surface area contributed by atoms with Crippen LogP contribution < -0.4 is 4.89 Å². The maximum Gasteiger partial charge on any atom is 0.316 e. The molecule has 1 aromatic rings. The average molecular weight is 283 g/mol. The van der Waals surface area contributed by atoms with Crippen LogP contribution in [-0.2, 0) is 18.7 Å². The van der Waals surface area contributed by atoms with Crippen molar-refractivity contribution in [1.82, 2.24) is 0 Å². The number of phosphoric acid groups is 1. The normalized spacial score (nSPS) is 15.2. The third-order valence-electron chi connectivity index (χ3n) is 1.54. The standard InChI is InChI=1S/C6H6NO8PS/c8-7(9)5-1-3-6(4-2-5)17(13,14)15-16(10,11)12/h1-4H,(H2-,8,9,10,11,12). The maximum atomic E-state index is 11.2. The second-order valence-electron chi connectivity index (χ2n) is 2.76. The first-order chi connectivity index (χ1) is 7.62. The smallest absolute Gasteiger partial charge is 0.316 e. The molecule has 0 bridgehead atoms. The van der Waals surface area contributed by atoms with Crippen molar-refractivity contribution < 1.29 is 36.9 Å². The number of hydrogen-bond acceptors (Lipinski definition) is 6. The highest BCUT2D eigenvalue weighted by Crippen LogP contribution is 2.35. The molecule has 0 saturated carbocycles. The molecule has 0 aliphatic carbocycles. The summed E-state index contributed by atoms with van der Waals surface area (Å²) in [6, 6.07) is 3.47. The highest BCUT2D eigenvalue weighted by atomic mass is 32.2. The highest BCUT2D eigenvalue weighted by Gasteiger charge is 2.22. The molecule has 1 aromatic carbocycles. The van der Waals surface area contributed by atoms with Gasteiger partial charge in [0, 0.05) is 12.1 Å². The minimum absolute atomic E-state index is 0.266. The molecule has 2 N–H and O–H groups in total. The van der Waals surface area contributed by atoms with Gasteiger partial charge in [0.2, 0.25) is 0 Å².